The highest BCUT2D eigenvalue weighted by Gasteiger charge is 2.34. The zero-order chi connectivity index (χ0) is 24.2. The molecular formula is C24H23FN4O4S. The van der Waals surface area contributed by atoms with Crippen LogP contribution in [0.2, 0.25) is 0 Å². The van der Waals surface area contributed by atoms with Crippen LogP contribution in [0, 0.1) is 5.82 Å². The summed E-state index contributed by atoms with van der Waals surface area (Å²) >= 11 is 0.738. The maximum atomic E-state index is 13.9. The quantitative estimate of drug-likeness (QED) is 0.498. The average Bonchev–Trinajstić information content (AvgIpc) is 3.25. The maximum Gasteiger partial charge on any atom is 0.329 e. The number of imidazole rings is 1. The zero-order valence-electron chi connectivity index (χ0n) is 18.5. The first-order valence-corrected chi connectivity index (χ1v) is 11.7. The van der Waals surface area contributed by atoms with Crippen LogP contribution in [0.3, 0.4) is 0 Å². The fourth-order valence-corrected chi connectivity index (χ4v) is 4.69. The van der Waals surface area contributed by atoms with Crippen LogP contribution in [0.4, 0.5) is 9.18 Å². The summed E-state index contributed by atoms with van der Waals surface area (Å²) in [5, 5.41) is 2.22. The van der Waals surface area contributed by atoms with Crippen LogP contribution in [0.1, 0.15) is 18.9 Å². The summed E-state index contributed by atoms with van der Waals surface area (Å²) in [6.45, 7) is 2.71. The summed E-state index contributed by atoms with van der Waals surface area (Å²) in [5.74, 6) is -1.30. The van der Waals surface area contributed by atoms with Gasteiger partial charge < -0.3 is 5.32 Å². The maximum absolute atomic E-state index is 13.9. The first-order valence-electron chi connectivity index (χ1n) is 10.9. The zero-order valence-corrected chi connectivity index (χ0v) is 19.3. The Bertz CT molecular complexity index is 1360. The summed E-state index contributed by atoms with van der Waals surface area (Å²) in [6, 6.07) is 13.4. The molecule has 0 spiro atoms. The molecule has 0 aliphatic carbocycles. The molecule has 1 aliphatic heterocycles. The minimum Gasteiger partial charge on any atom is -0.354 e. The molecule has 1 aromatic heterocycles. The van der Waals surface area contributed by atoms with Gasteiger partial charge in [-0.2, -0.15) is 0 Å². The first-order chi connectivity index (χ1) is 16.4. The van der Waals surface area contributed by atoms with Crippen molar-refractivity contribution in [2.24, 2.45) is 0 Å². The van der Waals surface area contributed by atoms with E-state index in [1.54, 1.807) is 21.3 Å². The Morgan fingerprint density at radius 1 is 1.00 bits per heavy atom. The van der Waals surface area contributed by atoms with Crippen molar-refractivity contribution in [3.05, 3.63) is 75.3 Å². The molecule has 2 aromatic carbocycles. The van der Waals surface area contributed by atoms with Crippen LogP contribution in [0.25, 0.3) is 17.1 Å². The molecule has 34 heavy (non-hydrogen) atoms. The number of aryl methyl sites for hydroxylation is 2. The average molecular weight is 483 g/mol. The molecule has 0 saturated carbocycles. The number of thioether (sulfide) groups is 1. The number of nitrogens with zero attached hydrogens (tertiary/aromatic N) is 3. The molecular weight excluding hydrogens is 459 g/mol. The van der Waals surface area contributed by atoms with Crippen molar-refractivity contribution in [1.29, 1.82) is 0 Å². The molecule has 4 rings (SSSR count). The van der Waals surface area contributed by atoms with Gasteiger partial charge in [0.2, 0.25) is 5.91 Å². The van der Waals surface area contributed by atoms with E-state index in [0.29, 0.717) is 6.54 Å². The van der Waals surface area contributed by atoms with Crippen LogP contribution in [-0.4, -0.2) is 44.2 Å². The Balaban J connectivity index is 1.33. The van der Waals surface area contributed by atoms with Crippen molar-refractivity contribution in [2.45, 2.75) is 26.4 Å². The number of halogens is 1. The number of para-hydroxylation sites is 2. The van der Waals surface area contributed by atoms with E-state index in [-0.39, 0.29) is 48.1 Å². The van der Waals surface area contributed by atoms with E-state index in [4.69, 9.17) is 0 Å². The molecule has 1 aliphatic rings. The van der Waals surface area contributed by atoms with Gasteiger partial charge >= 0.3 is 5.69 Å². The van der Waals surface area contributed by atoms with E-state index in [0.717, 1.165) is 27.7 Å². The Hall–Kier alpha value is -3.66. The molecule has 0 atom stereocenters. The smallest absolute Gasteiger partial charge is 0.329 e. The minimum atomic E-state index is -0.522. The highest BCUT2D eigenvalue weighted by molar-refractivity contribution is 8.18. The number of benzene rings is 2. The monoisotopic (exact) mass is 482 g/mol. The van der Waals surface area contributed by atoms with E-state index in [2.05, 4.69) is 5.32 Å². The third-order valence-corrected chi connectivity index (χ3v) is 6.43. The highest BCUT2D eigenvalue weighted by atomic mass is 32.2. The first kappa shape index (κ1) is 23.5. The molecule has 0 bridgehead atoms. The summed E-state index contributed by atoms with van der Waals surface area (Å²) in [5.41, 5.74) is 1.64. The number of carbonyl (C=O) groups excluding carboxylic acids is 3. The summed E-state index contributed by atoms with van der Waals surface area (Å²) in [4.78, 5) is 50.9. The largest absolute Gasteiger partial charge is 0.354 e. The molecule has 2 heterocycles. The lowest BCUT2D eigenvalue weighted by atomic mass is 10.2. The van der Waals surface area contributed by atoms with Gasteiger partial charge in [0, 0.05) is 38.2 Å². The number of carbonyl (C=O) groups is 3. The van der Waals surface area contributed by atoms with Crippen molar-refractivity contribution < 1.29 is 18.8 Å². The third-order valence-electron chi connectivity index (χ3n) is 5.53. The van der Waals surface area contributed by atoms with E-state index >= 15 is 0 Å². The molecule has 1 saturated heterocycles. The molecule has 3 aromatic rings. The molecule has 10 heteroatoms. The predicted octanol–water partition coefficient (Wildman–Crippen LogP) is 3.20. The fraction of sp³-hybridized carbons (Fsp3) is 0.250. The summed E-state index contributed by atoms with van der Waals surface area (Å²) in [7, 11) is 0. The fourth-order valence-electron chi connectivity index (χ4n) is 3.83. The molecule has 0 radical (unpaired) electrons. The third kappa shape index (κ3) is 4.67. The van der Waals surface area contributed by atoms with Crippen LogP contribution >= 0.6 is 11.8 Å². The van der Waals surface area contributed by atoms with E-state index in [1.807, 2.05) is 31.2 Å². The predicted molar refractivity (Wildman–Crippen MR) is 129 cm³/mol. The molecule has 3 amide bonds. The molecule has 1 fully saturated rings. The van der Waals surface area contributed by atoms with Crippen molar-refractivity contribution in [3.8, 4) is 0 Å². The number of hydrogen-bond acceptors (Lipinski definition) is 5. The summed E-state index contributed by atoms with van der Waals surface area (Å²) < 4.78 is 17.1. The van der Waals surface area contributed by atoms with Gasteiger partial charge in [-0.3, -0.25) is 28.4 Å². The second-order valence-corrected chi connectivity index (χ2v) is 8.62. The Labute approximate surface area is 199 Å². The van der Waals surface area contributed by atoms with Gasteiger partial charge in [-0.25, -0.2) is 9.18 Å². The number of hydrogen-bond donors (Lipinski definition) is 1. The van der Waals surface area contributed by atoms with Crippen LogP contribution in [0.15, 0.2) is 58.2 Å². The van der Waals surface area contributed by atoms with Gasteiger partial charge in [-0.1, -0.05) is 30.3 Å². The highest BCUT2D eigenvalue weighted by Crippen LogP contribution is 2.32. The van der Waals surface area contributed by atoms with Gasteiger partial charge in [0.15, 0.2) is 0 Å². The standard InChI is InChI=1S/C24H23FN4O4S/c1-2-27-18-9-5-6-10-19(18)28(23(27)32)13-11-21(30)26-12-14-29-22(31)20(34-24(29)33)15-16-7-3-4-8-17(16)25/h3-10,15H,2,11-14H2,1H3,(H,26,30)/b20-15+. The van der Waals surface area contributed by atoms with Crippen molar-refractivity contribution in [1.82, 2.24) is 19.4 Å². The van der Waals surface area contributed by atoms with E-state index < -0.39 is 17.0 Å². The second-order valence-electron chi connectivity index (χ2n) is 7.62. The lowest BCUT2D eigenvalue weighted by Gasteiger charge is -2.13. The van der Waals surface area contributed by atoms with E-state index in [1.165, 1.54) is 18.2 Å². The number of nitrogens with one attached hydrogen (secondary N) is 1. The van der Waals surface area contributed by atoms with Gasteiger partial charge in [-0.15, -0.1) is 0 Å². The molecule has 8 nitrogen and oxygen atoms in total. The van der Waals surface area contributed by atoms with Crippen molar-refractivity contribution >= 4 is 45.9 Å². The van der Waals surface area contributed by atoms with E-state index in [9.17, 15) is 23.6 Å². The lowest BCUT2D eigenvalue weighted by molar-refractivity contribution is -0.124. The molecule has 176 valence electrons. The normalized spacial score (nSPS) is 15.0. The summed E-state index contributed by atoms with van der Waals surface area (Å²) in [6.07, 6.45) is 1.43. The number of imide groups is 1. The van der Waals surface area contributed by atoms with Gasteiger partial charge in [0.25, 0.3) is 11.1 Å². The van der Waals surface area contributed by atoms with Gasteiger partial charge in [0.1, 0.15) is 5.82 Å². The lowest BCUT2D eigenvalue weighted by Crippen LogP contribution is -2.37. The SMILES string of the molecule is CCn1c(=O)n(CCC(=O)NCCN2C(=O)S/C(=C/c3ccccc3F)C2=O)c2ccccc21. The van der Waals surface area contributed by atoms with Crippen LogP contribution in [0.5, 0.6) is 0 Å². The number of rotatable bonds is 8. The number of fused-ring (bicyclic) bond motifs is 1. The van der Waals surface area contributed by atoms with Gasteiger partial charge in [0.05, 0.1) is 15.9 Å². The Kier molecular flexibility index (Phi) is 6.97. The van der Waals surface area contributed by atoms with Crippen molar-refractivity contribution in [3.63, 3.8) is 0 Å². The topological polar surface area (TPSA) is 93.4 Å². The Morgan fingerprint density at radius 2 is 1.68 bits per heavy atom. The van der Waals surface area contributed by atoms with Crippen LogP contribution in [-0.2, 0) is 22.7 Å². The minimum absolute atomic E-state index is 0.000108. The number of aromatic nitrogens is 2. The van der Waals surface area contributed by atoms with Crippen molar-refractivity contribution in [2.75, 3.05) is 13.1 Å². The van der Waals surface area contributed by atoms with Gasteiger partial charge in [-0.05, 0) is 43.0 Å². The second kappa shape index (κ2) is 10.1. The number of amides is 3. The Morgan fingerprint density at radius 3 is 2.38 bits per heavy atom. The van der Waals surface area contributed by atoms with Crippen LogP contribution < -0.4 is 11.0 Å². The molecule has 1 N–H and O–H groups in total. The molecule has 0 unspecified atom stereocenters.